The molecule has 1 saturated heterocycles. The van der Waals surface area contributed by atoms with Crippen LogP contribution < -0.4 is 5.32 Å². The molecule has 1 unspecified atom stereocenters. The standard InChI is InChI=1S/C12H27N3O2S/c1-4-9-15(10-5-2)18(16,17)14(3)12-7-6-8-13-11-12/h12-13H,4-11H2,1-3H3. The summed E-state index contributed by atoms with van der Waals surface area (Å²) in [5, 5.41) is 3.27. The Hall–Kier alpha value is -0.170. The van der Waals surface area contributed by atoms with Gasteiger partial charge in [0, 0.05) is 32.7 Å². The van der Waals surface area contributed by atoms with E-state index in [0.717, 1.165) is 38.8 Å². The molecule has 1 rings (SSSR count). The molecule has 0 spiro atoms. The van der Waals surface area contributed by atoms with Crippen LogP contribution in [0.4, 0.5) is 0 Å². The molecule has 0 aliphatic carbocycles. The zero-order valence-electron chi connectivity index (χ0n) is 11.9. The van der Waals surface area contributed by atoms with Gasteiger partial charge in [0.2, 0.25) is 0 Å². The van der Waals surface area contributed by atoms with Crippen molar-refractivity contribution in [2.24, 2.45) is 0 Å². The lowest BCUT2D eigenvalue weighted by atomic mass is 10.1. The first-order valence-corrected chi connectivity index (χ1v) is 8.37. The van der Waals surface area contributed by atoms with Gasteiger partial charge in [0.1, 0.15) is 0 Å². The molecule has 0 bridgehead atoms. The lowest BCUT2D eigenvalue weighted by Gasteiger charge is -2.34. The highest BCUT2D eigenvalue weighted by Crippen LogP contribution is 2.16. The third-order valence-corrected chi connectivity index (χ3v) is 5.47. The molecule has 1 heterocycles. The van der Waals surface area contributed by atoms with Crippen molar-refractivity contribution in [2.45, 2.75) is 45.6 Å². The van der Waals surface area contributed by atoms with Gasteiger partial charge in [0.25, 0.3) is 10.2 Å². The fourth-order valence-electron chi connectivity index (χ4n) is 2.36. The van der Waals surface area contributed by atoms with Crippen LogP contribution >= 0.6 is 0 Å². The predicted octanol–water partition coefficient (Wildman–Crippen LogP) is 1.04. The molecular formula is C12H27N3O2S. The maximum atomic E-state index is 12.5. The SMILES string of the molecule is CCCN(CCC)S(=O)(=O)N(C)C1CCCNC1. The van der Waals surface area contributed by atoms with E-state index in [1.807, 2.05) is 13.8 Å². The summed E-state index contributed by atoms with van der Waals surface area (Å²) in [4.78, 5) is 0. The number of nitrogens with zero attached hydrogens (tertiary/aromatic N) is 2. The molecule has 1 fully saturated rings. The van der Waals surface area contributed by atoms with Crippen molar-refractivity contribution >= 4 is 10.2 Å². The van der Waals surface area contributed by atoms with Crippen molar-refractivity contribution < 1.29 is 8.42 Å². The van der Waals surface area contributed by atoms with Crippen molar-refractivity contribution in [3.8, 4) is 0 Å². The predicted molar refractivity (Wildman–Crippen MR) is 74.7 cm³/mol. The van der Waals surface area contributed by atoms with Gasteiger partial charge in [0.05, 0.1) is 0 Å². The summed E-state index contributed by atoms with van der Waals surface area (Å²) in [7, 11) is -1.58. The van der Waals surface area contributed by atoms with E-state index in [-0.39, 0.29) is 6.04 Å². The topological polar surface area (TPSA) is 52.7 Å². The van der Waals surface area contributed by atoms with Crippen LogP contribution in [0.2, 0.25) is 0 Å². The van der Waals surface area contributed by atoms with Crippen molar-refractivity contribution in [2.75, 3.05) is 33.2 Å². The van der Waals surface area contributed by atoms with Crippen LogP contribution in [-0.2, 0) is 10.2 Å². The van der Waals surface area contributed by atoms with Crippen LogP contribution in [-0.4, -0.2) is 56.3 Å². The number of nitrogens with one attached hydrogen (secondary N) is 1. The second-order valence-electron chi connectivity index (χ2n) is 4.92. The molecule has 0 radical (unpaired) electrons. The number of hydrogen-bond donors (Lipinski definition) is 1. The van der Waals surface area contributed by atoms with Crippen molar-refractivity contribution in [3.05, 3.63) is 0 Å². The smallest absolute Gasteiger partial charge is 0.282 e. The molecule has 1 aliphatic heterocycles. The maximum Gasteiger partial charge on any atom is 0.282 e. The quantitative estimate of drug-likeness (QED) is 0.756. The minimum Gasteiger partial charge on any atom is -0.315 e. The van der Waals surface area contributed by atoms with E-state index >= 15 is 0 Å². The Morgan fingerprint density at radius 2 is 1.83 bits per heavy atom. The molecule has 18 heavy (non-hydrogen) atoms. The van der Waals surface area contributed by atoms with Gasteiger partial charge in [0.15, 0.2) is 0 Å². The third kappa shape index (κ3) is 3.91. The molecule has 1 N–H and O–H groups in total. The molecule has 108 valence electrons. The Morgan fingerprint density at radius 1 is 1.22 bits per heavy atom. The van der Waals surface area contributed by atoms with Crippen molar-refractivity contribution in [1.82, 2.24) is 13.9 Å². The van der Waals surface area contributed by atoms with Crippen LogP contribution in [0.3, 0.4) is 0 Å². The van der Waals surface area contributed by atoms with E-state index in [2.05, 4.69) is 5.32 Å². The number of hydrogen-bond acceptors (Lipinski definition) is 3. The second-order valence-corrected chi connectivity index (χ2v) is 6.91. The molecular weight excluding hydrogens is 250 g/mol. The average molecular weight is 277 g/mol. The molecule has 5 nitrogen and oxygen atoms in total. The van der Waals surface area contributed by atoms with E-state index in [0.29, 0.717) is 13.1 Å². The normalized spacial score (nSPS) is 21.7. The largest absolute Gasteiger partial charge is 0.315 e. The summed E-state index contributed by atoms with van der Waals surface area (Å²) in [6.07, 6.45) is 3.72. The number of piperidine rings is 1. The van der Waals surface area contributed by atoms with Gasteiger partial charge >= 0.3 is 0 Å². The molecule has 1 atom stereocenters. The van der Waals surface area contributed by atoms with E-state index in [1.54, 1.807) is 15.7 Å². The average Bonchev–Trinajstić information content (AvgIpc) is 2.38. The maximum absolute atomic E-state index is 12.5. The van der Waals surface area contributed by atoms with Gasteiger partial charge in [-0.1, -0.05) is 13.8 Å². The Balaban J connectivity index is 2.74. The fourth-order valence-corrected chi connectivity index (χ4v) is 4.10. The molecule has 1 aliphatic rings. The third-order valence-electron chi connectivity index (χ3n) is 3.42. The van der Waals surface area contributed by atoms with E-state index in [9.17, 15) is 8.42 Å². The van der Waals surface area contributed by atoms with Crippen LogP contribution in [0.25, 0.3) is 0 Å². The number of likely N-dealkylation sites (N-methyl/N-ethyl adjacent to an activating group) is 1. The molecule has 0 aromatic carbocycles. The first-order chi connectivity index (χ1) is 8.54. The molecule has 0 aromatic heterocycles. The number of rotatable bonds is 7. The Labute approximate surface area is 112 Å². The van der Waals surface area contributed by atoms with Gasteiger partial charge < -0.3 is 5.32 Å². The monoisotopic (exact) mass is 277 g/mol. The summed E-state index contributed by atoms with van der Waals surface area (Å²) in [5.74, 6) is 0. The van der Waals surface area contributed by atoms with Crippen LogP contribution in [0.15, 0.2) is 0 Å². The Morgan fingerprint density at radius 3 is 2.28 bits per heavy atom. The van der Waals surface area contributed by atoms with E-state index in [4.69, 9.17) is 0 Å². The van der Waals surface area contributed by atoms with Crippen LogP contribution in [0.5, 0.6) is 0 Å². The highest BCUT2D eigenvalue weighted by molar-refractivity contribution is 7.86. The minimum atomic E-state index is -3.30. The Bertz CT molecular complexity index is 320. The summed E-state index contributed by atoms with van der Waals surface area (Å²) in [6.45, 7) is 7.02. The minimum absolute atomic E-state index is 0.0972. The van der Waals surface area contributed by atoms with Gasteiger partial charge in [-0.2, -0.15) is 17.0 Å². The van der Waals surface area contributed by atoms with E-state index in [1.165, 1.54) is 0 Å². The summed E-state index contributed by atoms with van der Waals surface area (Å²) in [5.41, 5.74) is 0. The highest BCUT2D eigenvalue weighted by Gasteiger charge is 2.31. The van der Waals surface area contributed by atoms with Gasteiger partial charge in [-0.3, -0.25) is 0 Å². The summed E-state index contributed by atoms with van der Waals surface area (Å²) in [6, 6.07) is 0.0972. The van der Waals surface area contributed by atoms with Gasteiger partial charge in [-0.05, 0) is 32.2 Å². The van der Waals surface area contributed by atoms with Crippen molar-refractivity contribution in [3.63, 3.8) is 0 Å². The second kappa shape index (κ2) is 7.43. The highest BCUT2D eigenvalue weighted by atomic mass is 32.2. The first kappa shape index (κ1) is 15.9. The fraction of sp³-hybridized carbons (Fsp3) is 1.00. The Kier molecular flexibility index (Phi) is 6.55. The summed E-state index contributed by atoms with van der Waals surface area (Å²) < 4.78 is 28.2. The molecule has 6 heteroatoms. The van der Waals surface area contributed by atoms with Gasteiger partial charge in [-0.25, -0.2) is 0 Å². The molecule has 0 saturated carbocycles. The molecule has 0 amide bonds. The van der Waals surface area contributed by atoms with Crippen LogP contribution in [0.1, 0.15) is 39.5 Å². The zero-order chi connectivity index (χ0) is 13.6. The van der Waals surface area contributed by atoms with Crippen molar-refractivity contribution in [1.29, 1.82) is 0 Å². The zero-order valence-corrected chi connectivity index (χ0v) is 12.7. The van der Waals surface area contributed by atoms with Gasteiger partial charge in [-0.15, -0.1) is 0 Å². The first-order valence-electron chi connectivity index (χ1n) is 6.97. The molecule has 0 aromatic rings. The lowest BCUT2D eigenvalue weighted by molar-refractivity contribution is 0.273. The lowest BCUT2D eigenvalue weighted by Crippen LogP contribution is -2.51. The summed E-state index contributed by atoms with van der Waals surface area (Å²) >= 11 is 0. The van der Waals surface area contributed by atoms with Crippen LogP contribution in [0, 0.1) is 0 Å². The van der Waals surface area contributed by atoms with E-state index < -0.39 is 10.2 Å².